The molecule has 0 atom stereocenters. The Hall–Kier alpha value is -2.27. The van der Waals surface area contributed by atoms with E-state index in [9.17, 15) is 4.79 Å². The summed E-state index contributed by atoms with van der Waals surface area (Å²) < 4.78 is 5.51. The summed E-state index contributed by atoms with van der Waals surface area (Å²) in [5, 5.41) is 9.66. The van der Waals surface area contributed by atoms with Crippen LogP contribution in [-0.4, -0.2) is 16.1 Å². The second-order valence-corrected chi connectivity index (χ2v) is 4.37. The molecule has 19 heavy (non-hydrogen) atoms. The maximum absolute atomic E-state index is 11.1. The Morgan fingerprint density at radius 1 is 1.42 bits per heavy atom. The number of hydrogen-bond acceptors (Lipinski definition) is 4. The first-order valence-corrected chi connectivity index (χ1v) is 5.78. The van der Waals surface area contributed by atoms with Gasteiger partial charge in [0.1, 0.15) is 11.3 Å². The van der Waals surface area contributed by atoms with Crippen LogP contribution in [0.4, 0.5) is 5.69 Å². The molecule has 98 valence electrons. The normalized spacial score (nSPS) is 10.2. The third kappa shape index (κ3) is 2.95. The lowest BCUT2D eigenvalue weighted by Crippen LogP contribution is -2.04. The topological polar surface area (TPSA) is 85.4 Å². The number of benzene rings is 1. The van der Waals surface area contributed by atoms with Crippen LogP contribution in [0.2, 0.25) is 5.02 Å². The van der Waals surface area contributed by atoms with Gasteiger partial charge in [0.15, 0.2) is 0 Å². The Balaban J connectivity index is 2.40. The SMILES string of the molecule is Cc1cc(Cl)ccc1Oc1ncc(N)cc1C(=O)O. The van der Waals surface area contributed by atoms with E-state index in [4.69, 9.17) is 27.2 Å². The van der Waals surface area contributed by atoms with Crippen LogP contribution in [0.5, 0.6) is 11.6 Å². The van der Waals surface area contributed by atoms with Crippen LogP contribution < -0.4 is 10.5 Å². The van der Waals surface area contributed by atoms with Crippen LogP contribution in [0, 0.1) is 6.92 Å². The number of carbonyl (C=O) groups is 1. The number of aromatic carboxylic acids is 1. The highest BCUT2D eigenvalue weighted by Gasteiger charge is 2.15. The standard InChI is InChI=1S/C13H11ClN2O3/c1-7-4-8(14)2-3-11(7)19-12-10(13(17)18)5-9(15)6-16-12/h2-6H,15H2,1H3,(H,17,18). The van der Waals surface area contributed by atoms with Gasteiger partial charge in [-0.2, -0.15) is 0 Å². The molecular weight excluding hydrogens is 268 g/mol. The Morgan fingerprint density at radius 2 is 2.16 bits per heavy atom. The van der Waals surface area contributed by atoms with Gasteiger partial charge in [-0.15, -0.1) is 0 Å². The van der Waals surface area contributed by atoms with Crippen molar-refractivity contribution < 1.29 is 14.6 Å². The van der Waals surface area contributed by atoms with Gasteiger partial charge in [-0.05, 0) is 36.8 Å². The van der Waals surface area contributed by atoms with Crippen LogP contribution in [-0.2, 0) is 0 Å². The van der Waals surface area contributed by atoms with E-state index < -0.39 is 5.97 Å². The lowest BCUT2D eigenvalue weighted by Gasteiger charge is -2.10. The zero-order chi connectivity index (χ0) is 14.0. The molecule has 3 N–H and O–H groups in total. The van der Waals surface area contributed by atoms with E-state index in [2.05, 4.69) is 4.98 Å². The predicted molar refractivity (Wildman–Crippen MR) is 71.9 cm³/mol. The molecule has 0 spiro atoms. The highest BCUT2D eigenvalue weighted by molar-refractivity contribution is 6.30. The average Bonchev–Trinajstić information content (AvgIpc) is 2.34. The van der Waals surface area contributed by atoms with E-state index in [0.717, 1.165) is 5.56 Å². The Bertz CT molecular complexity index is 644. The van der Waals surface area contributed by atoms with Crippen LogP contribution in [0.15, 0.2) is 30.5 Å². The molecule has 0 saturated heterocycles. The van der Waals surface area contributed by atoms with E-state index in [1.807, 2.05) is 0 Å². The molecule has 0 bridgehead atoms. The minimum Gasteiger partial charge on any atom is -0.477 e. The molecule has 1 aromatic carbocycles. The second kappa shape index (κ2) is 5.16. The van der Waals surface area contributed by atoms with E-state index in [1.54, 1.807) is 25.1 Å². The van der Waals surface area contributed by atoms with Crippen LogP contribution in [0.25, 0.3) is 0 Å². The van der Waals surface area contributed by atoms with Gasteiger partial charge in [0.2, 0.25) is 5.88 Å². The number of anilines is 1. The fourth-order valence-electron chi connectivity index (χ4n) is 1.53. The number of nitrogens with zero attached hydrogens (tertiary/aromatic N) is 1. The number of pyridine rings is 1. The van der Waals surface area contributed by atoms with Crippen molar-refractivity contribution in [2.24, 2.45) is 0 Å². The lowest BCUT2D eigenvalue weighted by atomic mass is 10.2. The molecule has 2 aromatic rings. The van der Waals surface area contributed by atoms with E-state index in [0.29, 0.717) is 10.8 Å². The summed E-state index contributed by atoms with van der Waals surface area (Å²) in [6.45, 7) is 1.80. The van der Waals surface area contributed by atoms with E-state index in [-0.39, 0.29) is 17.1 Å². The number of nitrogens with two attached hydrogens (primary N) is 1. The average molecular weight is 279 g/mol. The van der Waals surface area contributed by atoms with Gasteiger partial charge >= 0.3 is 5.97 Å². The van der Waals surface area contributed by atoms with Gasteiger partial charge < -0.3 is 15.6 Å². The summed E-state index contributed by atoms with van der Waals surface area (Å²) in [6.07, 6.45) is 1.34. The van der Waals surface area contributed by atoms with E-state index >= 15 is 0 Å². The first-order valence-electron chi connectivity index (χ1n) is 5.40. The van der Waals surface area contributed by atoms with Crippen LogP contribution >= 0.6 is 11.6 Å². The molecule has 0 unspecified atom stereocenters. The van der Waals surface area contributed by atoms with Crippen molar-refractivity contribution in [3.63, 3.8) is 0 Å². The molecule has 0 amide bonds. The largest absolute Gasteiger partial charge is 0.477 e. The van der Waals surface area contributed by atoms with Gasteiger partial charge in [0, 0.05) is 5.02 Å². The molecule has 0 aliphatic carbocycles. The van der Waals surface area contributed by atoms with Crippen LogP contribution in [0.1, 0.15) is 15.9 Å². The van der Waals surface area contributed by atoms with Crippen molar-refractivity contribution >= 4 is 23.3 Å². The first-order chi connectivity index (χ1) is 8.97. The molecule has 1 aromatic heterocycles. The number of nitrogen functional groups attached to an aromatic ring is 1. The zero-order valence-electron chi connectivity index (χ0n) is 10.1. The predicted octanol–water partition coefficient (Wildman–Crippen LogP) is 3.12. The highest BCUT2D eigenvalue weighted by Crippen LogP contribution is 2.28. The van der Waals surface area contributed by atoms with Gasteiger partial charge in [-0.25, -0.2) is 9.78 Å². The molecular formula is C13H11ClN2O3. The van der Waals surface area contributed by atoms with Gasteiger partial charge in [-0.3, -0.25) is 0 Å². The summed E-state index contributed by atoms with van der Waals surface area (Å²) >= 11 is 5.84. The first kappa shape index (κ1) is 13.2. The fourth-order valence-corrected chi connectivity index (χ4v) is 1.76. The second-order valence-electron chi connectivity index (χ2n) is 3.94. The lowest BCUT2D eigenvalue weighted by molar-refractivity contribution is 0.0693. The van der Waals surface area contributed by atoms with Crippen molar-refractivity contribution in [2.45, 2.75) is 6.92 Å². The van der Waals surface area contributed by atoms with Gasteiger partial charge in [0.05, 0.1) is 11.9 Å². The van der Waals surface area contributed by atoms with Crippen molar-refractivity contribution in [2.75, 3.05) is 5.73 Å². The van der Waals surface area contributed by atoms with Crippen molar-refractivity contribution in [3.05, 3.63) is 46.6 Å². The number of hydrogen-bond donors (Lipinski definition) is 2. The molecule has 6 heteroatoms. The smallest absolute Gasteiger partial charge is 0.341 e. The number of carboxylic acid groups (broad SMARTS) is 1. The summed E-state index contributed by atoms with van der Waals surface area (Å²) in [4.78, 5) is 15.0. The number of rotatable bonds is 3. The number of ether oxygens (including phenoxy) is 1. The Kier molecular flexibility index (Phi) is 3.57. The van der Waals surface area contributed by atoms with Crippen molar-refractivity contribution in [1.82, 2.24) is 4.98 Å². The number of carboxylic acids is 1. The third-order valence-electron chi connectivity index (χ3n) is 2.45. The van der Waals surface area contributed by atoms with Crippen LogP contribution in [0.3, 0.4) is 0 Å². The Labute approximate surface area is 114 Å². The van der Waals surface area contributed by atoms with Gasteiger partial charge in [-0.1, -0.05) is 11.6 Å². The molecule has 0 aliphatic rings. The molecule has 5 nitrogen and oxygen atoms in total. The van der Waals surface area contributed by atoms with E-state index in [1.165, 1.54) is 12.3 Å². The summed E-state index contributed by atoms with van der Waals surface area (Å²) in [5.74, 6) is -0.669. The highest BCUT2D eigenvalue weighted by atomic mass is 35.5. The van der Waals surface area contributed by atoms with Crippen molar-refractivity contribution in [3.8, 4) is 11.6 Å². The molecule has 0 saturated carbocycles. The van der Waals surface area contributed by atoms with Gasteiger partial charge in [0.25, 0.3) is 0 Å². The molecule has 0 radical (unpaired) electrons. The third-order valence-corrected chi connectivity index (χ3v) is 2.68. The number of aryl methyl sites for hydroxylation is 1. The zero-order valence-corrected chi connectivity index (χ0v) is 10.8. The Morgan fingerprint density at radius 3 is 2.79 bits per heavy atom. The fraction of sp³-hybridized carbons (Fsp3) is 0.0769. The van der Waals surface area contributed by atoms with Crippen molar-refractivity contribution in [1.29, 1.82) is 0 Å². The molecule has 0 fully saturated rings. The summed E-state index contributed by atoms with van der Waals surface area (Å²) in [7, 11) is 0. The molecule has 0 aliphatic heterocycles. The number of aromatic nitrogens is 1. The minimum absolute atomic E-state index is 0.00729. The monoisotopic (exact) mass is 278 g/mol. The molecule has 1 heterocycles. The minimum atomic E-state index is -1.15. The maximum atomic E-state index is 11.1. The summed E-state index contributed by atoms with van der Waals surface area (Å²) in [6, 6.07) is 6.33. The maximum Gasteiger partial charge on any atom is 0.341 e. The number of halogens is 1. The quantitative estimate of drug-likeness (QED) is 0.901. The molecule has 2 rings (SSSR count). The summed E-state index contributed by atoms with van der Waals surface area (Å²) in [5.41, 5.74) is 6.46.